The van der Waals surface area contributed by atoms with Crippen LogP contribution in [-0.4, -0.2) is 47.4 Å². The molecule has 0 aliphatic carbocycles. The van der Waals surface area contributed by atoms with E-state index < -0.39 is 41.4 Å². The summed E-state index contributed by atoms with van der Waals surface area (Å²) < 4.78 is 5.28. The van der Waals surface area contributed by atoms with Crippen molar-refractivity contribution < 1.29 is 23.9 Å². The van der Waals surface area contributed by atoms with E-state index in [1.807, 2.05) is 65.0 Å². The van der Waals surface area contributed by atoms with Crippen molar-refractivity contribution in [3.05, 3.63) is 35.9 Å². The van der Waals surface area contributed by atoms with Gasteiger partial charge in [0.25, 0.3) is 0 Å². The predicted octanol–water partition coefficient (Wildman–Crippen LogP) is 2.35. The molecule has 1 aromatic rings. The van der Waals surface area contributed by atoms with Crippen LogP contribution >= 0.6 is 0 Å². The summed E-state index contributed by atoms with van der Waals surface area (Å²) in [5.74, 6) is -1.70. The molecular formula is C27H44N4O5. The van der Waals surface area contributed by atoms with E-state index in [-0.39, 0.29) is 18.3 Å². The van der Waals surface area contributed by atoms with Gasteiger partial charge in [-0.25, -0.2) is 0 Å². The highest BCUT2D eigenvalue weighted by atomic mass is 16.6. The smallest absolute Gasteiger partial charge is 0.306 e. The number of nitrogens with one attached hydrogen (secondary N) is 2. The first kappa shape index (κ1) is 31.1. The van der Waals surface area contributed by atoms with Crippen molar-refractivity contribution in [1.82, 2.24) is 10.6 Å². The highest BCUT2D eigenvalue weighted by Gasteiger charge is 2.28. The zero-order valence-corrected chi connectivity index (χ0v) is 22.3. The molecule has 0 aromatic heterocycles. The van der Waals surface area contributed by atoms with Gasteiger partial charge in [-0.3, -0.25) is 19.2 Å². The zero-order valence-electron chi connectivity index (χ0n) is 22.3. The number of ether oxygens (including phenoxy) is 1. The Bertz CT molecular complexity index is 851. The van der Waals surface area contributed by atoms with Crippen LogP contribution in [0.5, 0.6) is 0 Å². The normalized spacial score (nSPS) is 14.0. The number of primary amides is 1. The minimum Gasteiger partial charge on any atom is -0.460 e. The number of carbonyl (C=O) groups excluding carboxylic acids is 4. The van der Waals surface area contributed by atoms with Crippen molar-refractivity contribution >= 4 is 23.7 Å². The number of rotatable bonds is 15. The summed E-state index contributed by atoms with van der Waals surface area (Å²) in [6, 6.07) is 6.87. The van der Waals surface area contributed by atoms with E-state index in [4.69, 9.17) is 16.2 Å². The average molecular weight is 505 g/mol. The van der Waals surface area contributed by atoms with E-state index in [0.29, 0.717) is 38.5 Å². The third-order valence-electron chi connectivity index (χ3n) is 5.43. The first-order chi connectivity index (χ1) is 16.8. The minimum absolute atomic E-state index is 0.117. The molecule has 0 unspecified atom stereocenters. The summed E-state index contributed by atoms with van der Waals surface area (Å²) in [6.07, 6.45) is 3.24. The summed E-state index contributed by atoms with van der Waals surface area (Å²) in [5, 5.41) is 5.43. The largest absolute Gasteiger partial charge is 0.460 e. The van der Waals surface area contributed by atoms with Gasteiger partial charge in [-0.15, -0.1) is 0 Å². The van der Waals surface area contributed by atoms with Crippen LogP contribution in [0, 0.1) is 5.92 Å². The van der Waals surface area contributed by atoms with Gasteiger partial charge in [-0.05, 0) is 57.9 Å². The summed E-state index contributed by atoms with van der Waals surface area (Å²) in [5.41, 5.74) is 12.0. The Hall–Kier alpha value is -2.94. The molecule has 0 aliphatic rings. The molecule has 3 amide bonds. The van der Waals surface area contributed by atoms with Crippen molar-refractivity contribution in [3.63, 3.8) is 0 Å². The molecule has 36 heavy (non-hydrogen) atoms. The van der Waals surface area contributed by atoms with Crippen molar-refractivity contribution in [3.8, 4) is 0 Å². The monoisotopic (exact) mass is 504 g/mol. The van der Waals surface area contributed by atoms with E-state index in [1.165, 1.54) is 0 Å². The maximum absolute atomic E-state index is 13.0. The molecule has 0 saturated heterocycles. The molecule has 6 N–H and O–H groups in total. The first-order valence-corrected chi connectivity index (χ1v) is 12.7. The van der Waals surface area contributed by atoms with Gasteiger partial charge in [-0.2, -0.15) is 0 Å². The number of hydrogen-bond donors (Lipinski definition) is 4. The van der Waals surface area contributed by atoms with Gasteiger partial charge in [0.05, 0.1) is 6.04 Å². The highest BCUT2D eigenvalue weighted by Crippen LogP contribution is 2.13. The second-order valence-corrected chi connectivity index (χ2v) is 10.6. The van der Waals surface area contributed by atoms with E-state index in [1.54, 1.807) is 0 Å². The van der Waals surface area contributed by atoms with Crippen molar-refractivity contribution in [2.75, 3.05) is 0 Å². The Morgan fingerprint density at radius 1 is 0.917 bits per heavy atom. The molecule has 0 heterocycles. The number of nitrogens with two attached hydrogens (primary N) is 2. The lowest BCUT2D eigenvalue weighted by Crippen LogP contribution is -2.55. The fourth-order valence-electron chi connectivity index (χ4n) is 3.69. The number of esters is 1. The number of unbranched alkanes of at least 4 members (excludes halogenated alkanes) is 2. The van der Waals surface area contributed by atoms with Crippen molar-refractivity contribution in [2.24, 2.45) is 17.4 Å². The first-order valence-electron chi connectivity index (χ1n) is 12.7. The van der Waals surface area contributed by atoms with Crippen LogP contribution in [0.4, 0.5) is 0 Å². The van der Waals surface area contributed by atoms with Gasteiger partial charge in [0.1, 0.15) is 17.7 Å². The van der Waals surface area contributed by atoms with E-state index in [9.17, 15) is 19.2 Å². The number of carbonyl (C=O) groups is 4. The lowest BCUT2D eigenvalue weighted by atomic mass is 10.0. The van der Waals surface area contributed by atoms with Crippen LogP contribution in [0.3, 0.4) is 0 Å². The van der Waals surface area contributed by atoms with Gasteiger partial charge in [0.15, 0.2) is 0 Å². The SMILES string of the molecule is CC(C)C[C@H](NC(=O)[C@@H](N)Cc1ccccc1)C(=O)N[C@@H](CCCCCC(=O)OC(C)(C)C)C(N)=O. The quantitative estimate of drug-likeness (QED) is 0.212. The minimum atomic E-state index is -0.872. The molecule has 0 fully saturated rings. The molecule has 9 nitrogen and oxygen atoms in total. The third kappa shape index (κ3) is 13.2. The van der Waals surface area contributed by atoms with Gasteiger partial charge >= 0.3 is 5.97 Å². The molecule has 0 saturated carbocycles. The Labute approximate surface area is 215 Å². The second kappa shape index (κ2) is 15.2. The van der Waals surface area contributed by atoms with Gasteiger partial charge in [-0.1, -0.05) is 57.0 Å². The van der Waals surface area contributed by atoms with Crippen LogP contribution < -0.4 is 22.1 Å². The topological polar surface area (TPSA) is 154 Å². The highest BCUT2D eigenvalue weighted by molar-refractivity contribution is 5.92. The summed E-state index contributed by atoms with van der Waals surface area (Å²) in [7, 11) is 0. The predicted molar refractivity (Wildman–Crippen MR) is 140 cm³/mol. The Balaban J connectivity index is 2.62. The number of hydrogen-bond acceptors (Lipinski definition) is 6. The van der Waals surface area contributed by atoms with Crippen LogP contribution in [0.1, 0.15) is 78.7 Å². The van der Waals surface area contributed by atoms with E-state index >= 15 is 0 Å². The molecule has 9 heteroatoms. The molecule has 0 radical (unpaired) electrons. The van der Waals surface area contributed by atoms with Crippen LogP contribution in [-0.2, 0) is 30.3 Å². The average Bonchev–Trinajstić information content (AvgIpc) is 2.76. The van der Waals surface area contributed by atoms with Crippen LogP contribution in [0.25, 0.3) is 0 Å². The Morgan fingerprint density at radius 2 is 1.53 bits per heavy atom. The number of benzene rings is 1. The molecule has 1 rings (SSSR count). The third-order valence-corrected chi connectivity index (χ3v) is 5.43. The molecule has 202 valence electrons. The Morgan fingerprint density at radius 3 is 2.08 bits per heavy atom. The van der Waals surface area contributed by atoms with Gasteiger partial charge in [0.2, 0.25) is 17.7 Å². The summed E-state index contributed by atoms with van der Waals surface area (Å²) in [6.45, 7) is 9.32. The molecule has 0 aliphatic heterocycles. The maximum atomic E-state index is 13.0. The standard InChI is InChI=1S/C27H44N4O5/c1-18(2)16-22(31-25(34)20(28)17-19-12-8-6-9-13-19)26(35)30-21(24(29)33)14-10-7-11-15-23(32)36-27(3,4)5/h6,8-9,12-13,18,20-22H,7,10-11,14-17,28H2,1-5H3,(H2,29,33)(H,30,35)(H,31,34)/t20-,21-,22-/m0/s1. The van der Waals surface area contributed by atoms with Gasteiger partial charge in [0, 0.05) is 6.42 Å². The van der Waals surface area contributed by atoms with Crippen molar-refractivity contribution in [1.29, 1.82) is 0 Å². The lowest BCUT2D eigenvalue weighted by Gasteiger charge is -2.24. The molecule has 0 spiro atoms. The van der Waals surface area contributed by atoms with Crippen molar-refractivity contribution in [2.45, 2.75) is 103 Å². The summed E-state index contributed by atoms with van der Waals surface area (Å²) >= 11 is 0. The molecule has 1 aromatic carbocycles. The fraction of sp³-hybridized carbons (Fsp3) is 0.630. The second-order valence-electron chi connectivity index (χ2n) is 10.6. The Kier molecular flexibility index (Phi) is 13.2. The molecule has 3 atom stereocenters. The van der Waals surface area contributed by atoms with E-state index in [0.717, 1.165) is 5.56 Å². The van der Waals surface area contributed by atoms with Crippen LogP contribution in [0.2, 0.25) is 0 Å². The molecule has 0 bridgehead atoms. The van der Waals surface area contributed by atoms with E-state index in [2.05, 4.69) is 10.6 Å². The van der Waals surface area contributed by atoms with Crippen LogP contribution in [0.15, 0.2) is 30.3 Å². The maximum Gasteiger partial charge on any atom is 0.306 e. The van der Waals surface area contributed by atoms with Gasteiger partial charge < -0.3 is 26.8 Å². The summed E-state index contributed by atoms with van der Waals surface area (Å²) in [4.78, 5) is 49.5. The fourth-order valence-corrected chi connectivity index (χ4v) is 3.69. The zero-order chi connectivity index (χ0) is 27.3. The number of amides is 3. The lowest BCUT2D eigenvalue weighted by molar-refractivity contribution is -0.155. The molecular weight excluding hydrogens is 460 g/mol.